The van der Waals surface area contributed by atoms with E-state index < -0.39 is 4.92 Å². The predicted molar refractivity (Wildman–Crippen MR) is 89.8 cm³/mol. The number of nitrogens with zero attached hydrogens (tertiary/aromatic N) is 2. The summed E-state index contributed by atoms with van der Waals surface area (Å²) >= 11 is 0. The molecule has 1 heterocycles. The number of carbonyl (C=O) groups excluding carboxylic acids is 2. The largest absolute Gasteiger partial charge is 0.491 e. The van der Waals surface area contributed by atoms with Gasteiger partial charge in [0, 0.05) is 17.7 Å². The molecule has 1 aliphatic heterocycles. The van der Waals surface area contributed by atoms with Gasteiger partial charge < -0.3 is 4.74 Å². The summed E-state index contributed by atoms with van der Waals surface area (Å²) in [6.07, 6.45) is 4.86. The second kappa shape index (κ2) is 6.66. The Bertz CT molecular complexity index is 730. The molecule has 0 bridgehead atoms. The number of hydrogen-bond donors (Lipinski definition) is 0. The van der Waals surface area contributed by atoms with E-state index in [0.717, 1.165) is 0 Å². The first-order valence-electron chi connectivity index (χ1n) is 8.32. The first-order valence-corrected chi connectivity index (χ1v) is 8.32. The van der Waals surface area contributed by atoms with E-state index in [1.807, 2.05) is 26.0 Å². The van der Waals surface area contributed by atoms with Gasteiger partial charge in [-0.05, 0) is 32.8 Å². The fraction of sp³-hybridized carbons (Fsp3) is 0.444. The maximum atomic E-state index is 12.6. The molecule has 7 heteroatoms. The number of allylic oxidation sites excluding steroid dienone is 2. The zero-order valence-corrected chi connectivity index (χ0v) is 14.2. The highest BCUT2D eigenvalue weighted by atomic mass is 16.6. The van der Waals surface area contributed by atoms with Crippen LogP contribution in [-0.2, 0) is 16.1 Å². The zero-order chi connectivity index (χ0) is 18.1. The van der Waals surface area contributed by atoms with E-state index in [-0.39, 0.29) is 42.0 Å². The summed E-state index contributed by atoms with van der Waals surface area (Å²) in [6.45, 7) is 3.68. The van der Waals surface area contributed by atoms with Crippen LogP contribution in [-0.4, -0.2) is 27.7 Å². The number of benzene rings is 1. The van der Waals surface area contributed by atoms with Gasteiger partial charge in [0.1, 0.15) is 5.75 Å². The Labute approximate surface area is 145 Å². The molecule has 25 heavy (non-hydrogen) atoms. The van der Waals surface area contributed by atoms with Crippen molar-refractivity contribution in [3.8, 4) is 5.75 Å². The van der Waals surface area contributed by atoms with Gasteiger partial charge in [0.05, 0.1) is 29.4 Å². The molecule has 1 saturated heterocycles. The Balaban J connectivity index is 1.90. The van der Waals surface area contributed by atoms with Crippen molar-refractivity contribution in [3.63, 3.8) is 0 Å². The summed E-state index contributed by atoms with van der Waals surface area (Å²) in [5.41, 5.74) is 0.375. The molecule has 2 aliphatic rings. The number of likely N-dealkylation sites (tertiary alicyclic amines) is 1. The van der Waals surface area contributed by atoms with E-state index in [2.05, 4.69) is 0 Å². The van der Waals surface area contributed by atoms with Crippen molar-refractivity contribution in [1.29, 1.82) is 0 Å². The molecule has 132 valence electrons. The molecule has 1 fully saturated rings. The van der Waals surface area contributed by atoms with Crippen LogP contribution in [0, 0.1) is 22.0 Å². The number of non-ortho nitro benzene ring substituents is 1. The fourth-order valence-electron chi connectivity index (χ4n) is 3.37. The van der Waals surface area contributed by atoms with Crippen LogP contribution < -0.4 is 4.74 Å². The average Bonchev–Trinajstić information content (AvgIpc) is 2.81. The van der Waals surface area contributed by atoms with Crippen molar-refractivity contribution < 1.29 is 19.2 Å². The molecule has 0 spiro atoms. The highest BCUT2D eigenvalue weighted by Crippen LogP contribution is 2.37. The lowest BCUT2D eigenvalue weighted by Crippen LogP contribution is -2.30. The number of nitro benzene ring substituents is 1. The number of imide groups is 1. The molecule has 1 aromatic rings. The van der Waals surface area contributed by atoms with Gasteiger partial charge in [-0.2, -0.15) is 0 Å². The SMILES string of the molecule is CC(C)Oc1ccc([N+](=O)[O-])cc1CN1C(=O)[C@H]2CC=CC[C@H]2C1=O. The van der Waals surface area contributed by atoms with Gasteiger partial charge in [-0.25, -0.2) is 0 Å². The first-order chi connectivity index (χ1) is 11.9. The highest BCUT2D eigenvalue weighted by molar-refractivity contribution is 6.05. The maximum Gasteiger partial charge on any atom is 0.270 e. The summed E-state index contributed by atoms with van der Waals surface area (Å²) in [6, 6.07) is 4.25. The Hall–Kier alpha value is -2.70. The summed E-state index contributed by atoms with van der Waals surface area (Å²) < 4.78 is 5.70. The van der Waals surface area contributed by atoms with Crippen LogP contribution in [0.2, 0.25) is 0 Å². The third-order valence-corrected chi connectivity index (χ3v) is 4.54. The number of carbonyl (C=O) groups is 2. The second-order valence-corrected chi connectivity index (χ2v) is 6.63. The standard InChI is InChI=1S/C18H20N2O5/c1-11(2)25-16-8-7-13(20(23)24)9-12(16)10-19-17(21)14-5-3-4-6-15(14)18(19)22/h3-4,7-9,11,14-15H,5-6,10H2,1-2H3/t14-,15+. The van der Waals surface area contributed by atoms with Gasteiger partial charge in [-0.3, -0.25) is 24.6 Å². The van der Waals surface area contributed by atoms with Crippen molar-refractivity contribution in [2.24, 2.45) is 11.8 Å². The van der Waals surface area contributed by atoms with E-state index in [9.17, 15) is 19.7 Å². The van der Waals surface area contributed by atoms with Gasteiger partial charge in [0.25, 0.3) is 5.69 Å². The molecule has 0 N–H and O–H groups in total. The molecule has 7 nitrogen and oxygen atoms in total. The Morgan fingerprint density at radius 3 is 2.32 bits per heavy atom. The van der Waals surface area contributed by atoms with Crippen molar-refractivity contribution in [2.75, 3.05) is 0 Å². The topological polar surface area (TPSA) is 89.8 Å². The number of fused-ring (bicyclic) bond motifs is 1. The summed E-state index contributed by atoms with van der Waals surface area (Å²) in [4.78, 5) is 37.0. The van der Waals surface area contributed by atoms with Crippen LogP contribution >= 0.6 is 0 Å². The monoisotopic (exact) mass is 344 g/mol. The van der Waals surface area contributed by atoms with Gasteiger partial charge in [0.2, 0.25) is 11.8 Å². The van der Waals surface area contributed by atoms with Crippen molar-refractivity contribution in [3.05, 3.63) is 46.0 Å². The minimum Gasteiger partial charge on any atom is -0.491 e. The summed E-state index contributed by atoms with van der Waals surface area (Å²) in [7, 11) is 0. The van der Waals surface area contributed by atoms with Crippen molar-refractivity contribution in [1.82, 2.24) is 4.90 Å². The molecular formula is C18H20N2O5. The normalized spacial score (nSPS) is 22.4. The van der Waals surface area contributed by atoms with E-state index in [1.165, 1.54) is 23.1 Å². The zero-order valence-electron chi connectivity index (χ0n) is 14.2. The summed E-state index contributed by atoms with van der Waals surface area (Å²) in [5.74, 6) is -0.590. The molecule has 1 aromatic carbocycles. The van der Waals surface area contributed by atoms with Crippen molar-refractivity contribution in [2.45, 2.75) is 39.3 Å². The van der Waals surface area contributed by atoms with Crippen LogP contribution in [0.1, 0.15) is 32.3 Å². The molecule has 1 aliphatic carbocycles. The lowest BCUT2D eigenvalue weighted by Gasteiger charge is -2.19. The Morgan fingerprint density at radius 2 is 1.80 bits per heavy atom. The maximum absolute atomic E-state index is 12.6. The average molecular weight is 344 g/mol. The minimum absolute atomic E-state index is 0.00556. The third-order valence-electron chi connectivity index (χ3n) is 4.54. The van der Waals surface area contributed by atoms with Gasteiger partial charge in [-0.1, -0.05) is 12.2 Å². The van der Waals surface area contributed by atoms with Gasteiger partial charge in [0.15, 0.2) is 0 Å². The highest BCUT2D eigenvalue weighted by Gasteiger charge is 2.47. The fourth-order valence-corrected chi connectivity index (χ4v) is 3.37. The molecule has 0 unspecified atom stereocenters. The number of nitro groups is 1. The Morgan fingerprint density at radius 1 is 1.20 bits per heavy atom. The molecule has 3 rings (SSSR count). The van der Waals surface area contributed by atoms with Gasteiger partial charge >= 0.3 is 0 Å². The smallest absolute Gasteiger partial charge is 0.270 e. The summed E-state index contributed by atoms with van der Waals surface area (Å²) in [5, 5.41) is 11.1. The number of rotatable bonds is 5. The van der Waals surface area contributed by atoms with Crippen LogP contribution in [0.3, 0.4) is 0 Å². The molecular weight excluding hydrogens is 324 g/mol. The van der Waals surface area contributed by atoms with Crippen molar-refractivity contribution >= 4 is 17.5 Å². The molecule has 0 aromatic heterocycles. The van der Waals surface area contributed by atoms with Gasteiger partial charge in [-0.15, -0.1) is 0 Å². The Kier molecular flexibility index (Phi) is 4.57. The van der Waals surface area contributed by atoms with Crippen LogP contribution in [0.15, 0.2) is 30.4 Å². The van der Waals surface area contributed by atoms with Crippen LogP contribution in [0.4, 0.5) is 5.69 Å². The number of ether oxygens (including phenoxy) is 1. The van der Waals surface area contributed by atoms with Crippen LogP contribution in [0.5, 0.6) is 5.75 Å². The molecule has 0 radical (unpaired) electrons. The van der Waals surface area contributed by atoms with E-state index in [4.69, 9.17) is 4.74 Å². The lowest BCUT2D eigenvalue weighted by atomic mass is 9.85. The quantitative estimate of drug-likeness (QED) is 0.355. The second-order valence-electron chi connectivity index (χ2n) is 6.63. The molecule has 2 amide bonds. The number of hydrogen-bond acceptors (Lipinski definition) is 5. The third kappa shape index (κ3) is 3.26. The minimum atomic E-state index is -0.500. The first kappa shape index (κ1) is 17.1. The van der Waals surface area contributed by atoms with E-state index in [1.54, 1.807) is 0 Å². The molecule has 2 atom stereocenters. The predicted octanol–water partition coefficient (Wildman–Crippen LogP) is 2.83. The van der Waals surface area contributed by atoms with E-state index in [0.29, 0.717) is 24.2 Å². The number of amides is 2. The van der Waals surface area contributed by atoms with E-state index >= 15 is 0 Å². The van der Waals surface area contributed by atoms with Crippen LogP contribution in [0.25, 0.3) is 0 Å². The lowest BCUT2D eigenvalue weighted by molar-refractivity contribution is -0.385. The molecule has 0 saturated carbocycles.